The second-order valence-electron chi connectivity index (χ2n) is 14.7. The molecule has 0 amide bonds. The quantitative estimate of drug-likeness (QED) is 0.0718. The van der Waals surface area contributed by atoms with Crippen LogP contribution in [0.5, 0.6) is 0 Å². The monoisotopic (exact) mass is 654 g/mol. The molecule has 0 aliphatic rings. The standard InChI is InChI=1S/C50H54/c1-3-5-7-9-11-13-15-37-17-21-39(22-18-37)41-25-29-45-43(35-41)27-31-49-47(45)33-34-48-46-30-26-42(36-44(46)28-32-50(48)49)40-23-19-38(20-24-40)16-14-12-10-8-6-4-2/h17-36H,3-16H2,1-2H3. The Hall–Kier alpha value is -4.42. The lowest BCUT2D eigenvalue weighted by molar-refractivity contribution is 0.607. The highest BCUT2D eigenvalue weighted by Gasteiger charge is 2.10. The topological polar surface area (TPSA) is 0 Å². The summed E-state index contributed by atoms with van der Waals surface area (Å²) in [6, 6.07) is 46.5. The first kappa shape index (κ1) is 34.0. The molecule has 0 atom stereocenters. The maximum atomic E-state index is 2.37. The Bertz CT molecular complexity index is 2010. The third kappa shape index (κ3) is 7.81. The molecule has 50 heavy (non-hydrogen) atoms. The van der Waals surface area contributed by atoms with E-state index in [-0.39, 0.29) is 0 Å². The molecule has 7 aromatic rings. The summed E-state index contributed by atoms with van der Waals surface area (Å²) in [6.45, 7) is 4.57. The van der Waals surface area contributed by atoms with Crippen molar-refractivity contribution in [1.82, 2.24) is 0 Å². The summed E-state index contributed by atoms with van der Waals surface area (Å²) in [5, 5.41) is 10.6. The van der Waals surface area contributed by atoms with Crippen molar-refractivity contribution in [2.75, 3.05) is 0 Å². The number of benzene rings is 7. The predicted octanol–water partition coefficient (Wildman–Crippen LogP) is 15.4. The van der Waals surface area contributed by atoms with Gasteiger partial charge in [-0.05, 0) is 114 Å². The van der Waals surface area contributed by atoms with Gasteiger partial charge in [0.25, 0.3) is 0 Å². The van der Waals surface area contributed by atoms with E-state index in [2.05, 4.69) is 135 Å². The number of unbranched alkanes of at least 4 members (excludes halogenated alkanes) is 10. The van der Waals surface area contributed by atoms with Gasteiger partial charge in [-0.3, -0.25) is 0 Å². The molecule has 0 saturated carbocycles. The summed E-state index contributed by atoms with van der Waals surface area (Å²) in [5.41, 5.74) is 8.09. The largest absolute Gasteiger partial charge is 0.0654 e. The Kier molecular flexibility index (Phi) is 11.3. The molecule has 0 saturated heterocycles. The number of aryl methyl sites for hydroxylation is 2. The van der Waals surface area contributed by atoms with Gasteiger partial charge < -0.3 is 0 Å². The molecule has 7 rings (SSSR count). The molecule has 0 aliphatic heterocycles. The molecule has 7 aromatic carbocycles. The summed E-state index contributed by atoms with van der Waals surface area (Å²) in [5.74, 6) is 0. The fourth-order valence-corrected chi connectivity index (χ4v) is 8.01. The van der Waals surface area contributed by atoms with E-state index in [0.717, 1.165) is 0 Å². The minimum absolute atomic E-state index is 1.19. The molecule has 0 heteroatoms. The molecule has 0 spiro atoms. The Balaban J connectivity index is 1.07. The molecule has 0 aromatic heterocycles. The predicted molar refractivity (Wildman–Crippen MR) is 221 cm³/mol. The Morgan fingerprint density at radius 1 is 0.280 bits per heavy atom. The SMILES string of the molecule is CCCCCCCCc1ccc(-c2ccc3c(ccc4c3ccc3c5ccc(-c6ccc(CCCCCCCC)cc6)cc5ccc34)c2)cc1. The van der Waals surface area contributed by atoms with E-state index in [1.165, 1.54) is 166 Å². The summed E-state index contributed by atoms with van der Waals surface area (Å²) in [7, 11) is 0. The van der Waals surface area contributed by atoms with Crippen LogP contribution in [0.15, 0.2) is 121 Å². The Morgan fingerprint density at radius 3 is 1.02 bits per heavy atom. The first-order valence-electron chi connectivity index (χ1n) is 19.7. The second kappa shape index (κ2) is 16.5. The third-order valence-corrected chi connectivity index (χ3v) is 11.0. The van der Waals surface area contributed by atoms with Crippen molar-refractivity contribution in [1.29, 1.82) is 0 Å². The van der Waals surface area contributed by atoms with E-state index in [1.54, 1.807) is 0 Å². The molecule has 254 valence electrons. The van der Waals surface area contributed by atoms with Crippen LogP contribution in [-0.2, 0) is 12.8 Å². The van der Waals surface area contributed by atoms with Crippen molar-refractivity contribution in [3.63, 3.8) is 0 Å². The number of hydrogen-bond acceptors (Lipinski definition) is 0. The Morgan fingerprint density at radius 2 is 0.600 bits per heavy atom. The summed E-state index contributed by atoms with van der Waals surface area (Å²) in [6.07, 6.45) is 18.6. The number of fused-ring (bicyclic) bond motifs is 7. The van der Waals surface area contributed by atoms with Gasteiger partial charge >= 0.3 is 0 Å². The van der Waals surface area contributed by atoms with Crippen molar-refractivity contribution in [2.24, 2.45) is 0 Å². The molecule has 0 unspecified atom stereocenters. The van der Waals surface area contributed by atoms with E-state index in [0.29, 0.717) is 0 Å². The van der Waals surface area contributed by atoms with E-state index in [4.69, 9.17) is 0 Å². The highest BCUT2D eigenvalue weighted by molar-refractivity contribution is 6.22. The minimum Gasteiger partial charge on any atom is -0.0654 e. The normalized spacial score (nSPS) is 11.7. The zero-order chi connectivity index (χ0) is 34.1. The molecule has 0 fully saturated rings. The maximum Gasteiger partial charge on any atom is -0.00987 e. The molecule has 0 nitrogen and oxygen atoms in total. The third-order valence-electron chi connectivity index (χ3n) is 11.0. The number of hydrogen-bond donors (Lipinski definition) is 0. The van der Waals surface area contributed by atoms with Gasteiger partial charge in [0.05, 0.1) is 0 Å². The van der Waals surface area contributed by atoms with Crippen LogP contribution in [0.4, 0.5) is 0 Å². The van der Waals surface area contributed by atoms with Gasteiger partial charge in [-0.2, -0.15) is 0 Å². The molecule has 0 radical (unpaired) electrons. The van der Waals surface area contributed by atoms with E-state index in [1.807, 2.05) is 0 Å². The second-order valence-corrected chi connectivity index (χ2v) is 14.7. The lowest BCUT2D eigenvalue weighted by Crippen LogP contribution is -1.88. The molecule has 0 heterocycles. The summed E-state index contributed by atoms with van der Waals surface area (Å²) < 4.78 is 0. The lowest BCUT2D eigenvalue weighted by Gasteiger charge is -2.12. The van der Waals surface area contributed by atoms with Gasteiger partial charge in [-0.25, -0.2) is 0 Å². The molecule has 0 N–H and O–H groups in total. The van der Waals surface area contributed by atoms with Gasteiger partial charge in [0.15, 0.2) is 0 Å². The first-order valence-corrected chi connectivity index (χ1v) is 19.7. The highest BCUT2D eigenvalue weighted by atomic mass is 14.1. The average molecular weight is 655 g/mol. The van der Waals surface area contributed by atoms with Crippen LogP contribution < -0.4 is 0 Å². The van der Waals surface area contributed by atoms with Gasteiger partial charge in [-0.1, -0.05) is 187 Å². The molecule has 0 aliphatic carbocycles. The van der Waals surface area contributed by atoms with Crippen molar-refractivity contribution in [2.45, 2.75) is 104 Å². The zero-order valence-electron chi connectivity index (χ0n) is 30.4. The lowest BCUT2D eigenvalue weighted by atomic mass is 9.92. The maximum absolute atomic E-state index is 2.37. The van der Waals surface area contributed by atoms with Crippen LogP contribution in [0.1, 0.15) is 102 Å². The fraction of sp³-hybridized carbons (Fsp3) is 0.320. The van der Waals surface area contributed by atoms with Gasteiger partial charge in [-0.15, -0.1) is 0 Å². The van der Waals surface area contributed by atoms with Crippen LogP contribution in [-0.4, -0.2) is 0 Å². The van der Waals surface area contributed by atoms with Crippen LogP contribution in [0, 0.1) is 0 Å². The molecule has 0 bridgehead atoms. The summed E-state index contributed by atoms with van der Waals surface area (Å²) in [4.78, 5) is 0. The highest BCUT2D eigenvalue weighted by Crippen LogP contribution is 2.37. The van der Waals surface area contributed by atoms with Gasteiger partial charge in [0.2, 0.25) is 0 Å². The zero-order valence-corrected chi connectivity index (χ0v) is 30.4. The van der Waals surface area contributed by atoms with Gasteiger partial charge in [0, 0.05) is 0 Å². The van der Waals surface area contributed by atoms with Crippen molar-refractivity contribution >= 4 is 43.1 Å². The van der Waals surface area contributed by atoms with Crippen LogP contribution in [0.2, 0.25) is 0 Å². The van der Waals surface area contributed by atoms with Crippen molar-refractivity contribution < 1.29 is 0 Å². The summed E-state index contributed by atoms with van der Waals surface area (Å²) >= 11 is 0. The van der Waals surface area contributed by atoms with Crippen LogP contribution >= 0.6 is 0 Å². The van der Waals surface area contributed by atoms with E-state index < -0.39 is 0 Å². The average Bonchev–Trinajstić information content (AvgIpc) is 3.17. The van der Waals surface area contributed by atoms with Gasteiger partial charge in [0.1, 0.15) is 0 Å². The Labute approximate surface area is 300 Å². The van der Waals surface area contributed by atoms with Crippen LogP contribution in [0.3, 0.4) is 0 Å². The van der Waals surface area contributed by atoms with E-state index in [9.17, 15) is 0 Å². The minimum atomic E-state index is 1.19. The van der Waals surface area contributed by atoms with Crippen molar-refractivity contribution in [3.8, 4) is 22.3 Å². The molecular formula is C50H54. The first-order chi connectivity index (χ1) is 24.7. The fourth-order valence-electron chi connectivity index (χ4n) is 8.01. The smallest absolute Gasteiger partial charge is 0.00987 e. The molecular weight excluding hydrogens is 601 g/mol. The van der Waals surface area contributed by atoms with E-state index >= 15 is 0 Å². The van der Waals surface area contributed by atoms with Crippen LogP contribution in [0.25, 0.3) is 65.3 Å². The van der Waals surface area contributed by atoms with Crippen molar-refractivity contribution in [3.05, 3.63) is 132 Å². The number of rotatable bonds is 16.